The zero-order chi connectivity index (χ0) is 14.7. The predicted octanol–water partition coefficient (Wildman–Crippen LogP) is 1.87. The van der Waals surface area contributed by atoms with Crippen molar-refractivity contribution in [1.82, 2.24) is 14.7 Å². The summed E-state index contributed by atoms with van der Waals surface area (Å²) in [5, 5.41) is 14.9. The molecule has 0 aliphatic rings. The molecule has 20 heavy (non-hydrogen) atoms. The number of nitrogens with two attached hydrogens (primary N) is 1. The molecule has 6 heteroatoms. The lowest BCUT2D eigenvalue weighted by molar-refractivity contribution is 0.205. The summed E-state index contributed by atoms with van der Waals surface area (Å²) >= 11 is 3.45. The first-order valence-corrected chi connectivity index (χ1v) is 7.17. The van der Waals surface area contributed by atoms with E-state index < -0.39 is 6.10 Å². The molecule has 0 amide bonds. The van der Waals surface area contributed by atoms with E-state index in [4.69, 9.17) is 5.73 Å². The lowest BCUT2D eigenvalue weighted by atomic mass is 10.1. The van der Waals surface area contributed by atoms with Crippen molar-refractivity contribution >= 4 is 21.6 Å². The van der Waals surface area contributed by atoms with Crippen LogP contribution >= 0.6 is 15.9 Å². The summed E-state index contributed by atoms with van der Waals surface area (Å²) in [6.07, 6.45) is 0.957. The summed E-state index contributed by atoms with van der Waals surface area (Å²) in [5.74, 6) is 0. The van der Waals surface area contributed by atoms with Gasteiger partial charge in [0.15, 0.2) is 0 Å². The maximum atomic E-state index is 10.6. The Morgan fingerprint density at radius 1 is 1.45 bits per heavy atom. The third kappa shape index (κ3) is 3.39. The number of nitrogens with zero attached hydrogens (tertiary/aromatic N) is 3. The van der Waals surface area contributed by atoms with Crippen LogP contribution in [0.2, 0.25) is 0 Å². The number of aromatic nitrogens is 2. The van der Waals surface area contributed by atoms with E-state index in [-0.39, 0.29) is 0 Å². The minimum atomic E-state index is -0.752. The van der Waals surface area contributed by atoms with Gasteiger partial charge in [0.25, 0.3) is 0 Å². The highest BCUT2D eigenvalue weighted by atomic mass is 79.9. The molecule has 5 nitrogen and oxygen atoms in total. The van der Waals surface area contributed by atoms with Gasteiger partial charge in [-0.05, 0) is 47.7 Å². The van der Waals surface area contributed by atoms with Crippen LogP contribution in [-0.2, 0) is 6.54 Å². The van der Waals surface area contributed by atoms with Crippen LogP contribution in [-0.4, -0.2) is 40.4 Å². The zero-order valence-corrected chi connectivity index (χ0v) is 13.2. The molecule has 0 saturated carbocycles. The second kappa shape index (κ2) is 6.39. The smallest absolute Gasteiger partial charge is 0.122 e. The van der Waals surface area contributed by atoms with Crippen LogP contribution in [0.4, 0.5) is 5.69 Å². The Hall–Kier alpha value is -1.37. The van der Waals surface area contributed by atoms with E-state index in [9.17, 15) is 5.11 Å². The third-order valence-electron chi connectivity index (χ3n) is 3.08. The van der Waals surface area contributed by atoms with E-state index >= 15 is 0 Å². The Kier molecular flexibility index (Phi) is 4.80. The molecule has 1 aromatic carbocycles. The van der Waals surface area contributed by atoms with Crippen molar-refractivity contribution in [3.8, 4) is 0 Å². The fourth-order valence-electron chi connectivity index (χ4n) is 2.00. The first-order chi connectivity index (χ1) is 9.49. The number of aliphatic hydroxyl groups excluding tert-OH is 1. The fraction of sp³-hybridized carbons (Fsp3) is 0.357. The van der Waals surface area contributed by atoms with Crippen molar-refractivity contribution in [3.63, 3.8) is 0 Å². The number of rotatable bonds is 5. The van der Waals surface area contributed by atoms with Gasteiger partial charge in [-0.1, -0.05) is 12.1 Å². The van der Waals surface area contributed by atoms with Crippen molar-refractivity contribution in [2.45, 2.75) is 12.6 Å². The van der Waals surface area contributed by atoms with Crippen LogP contribution in [0.5, 0.6) is 0 Å². The van der Waals surface area contributed by atoms with Crippen LogP contribution in [0, 0.1) is 0 Å². The van der Waals surface area contributed by atoms with Gasteiger partial charge in [0.1, 0.15) is 6.10 Å². The summed E-state index contributed by atoms with van der Waals surface area (Å²) in [5.41, 5.74) is 7.92. The molecule has 1 heterocycles. The Morgan fingerprint density at radius 3 is 2.85 bits per heavy atom. The van der Waals surface area contributed by atoms with Gasteiger partial charge in [-0.3, -0.25) is 4.68 Å². The molecule has 0 bridgehead atoms. The summed E-state index contributed by atoms with van der Waals surface area (Å²) in [6.45, 7) is 1.57. The van der Waals surface area contributed by atoms with Crippen LogP contribution in [0.25, 0.3) is 0 Å². The van der Waals surface area contributed by atoms with Gasteiger partial charge < -0.3 is 15.7 Å². The van der Waals surface area contributed by atoms with Crippen molar-refractivity contribution in [1.29, 1.82) is 0 Å². The maximum Gasteiger partial charge on any atom is 0.122 e. The second-order valence-corrected chi connectivity index (χ2v) is 5.83. The minimum absolute atomic E-state index is 0.636. The first kappa shape index (κ1) is 15.0. The van der Waals surface area contributed by atoms with E-state index in [1.54, 1.807) is 18.3 Å². The standard InChI is InChI=1S/C14H19BrN4O/c1-18(2)6-7-19-13(12(15)9-17-19)14(20)10-4-3-5-11(16)8-10/h3-5,8-9,14,20H,6-7,16H2,1-2H3. The number of halogens is 1. The van der Waals surface area contributed by atoms with Crippen LogP contribution in [0.3, 0.4) is 0 Å². The molecule has 3 N–H and O–H groups in total. The quantitative estimate of drug-likeness (QED) is 0.816. The summed E-state index contributed by atoms with van der Waals surface area (Å²) < 4.78 is 2.61. The Balaban J connectivity index is 2.29. The maximum absolute atomic E-state index is 10.6. The average Bonchev–Trinajstić information content (AvgIpc) is 2.76. The molecule has 1 atom stereocenters. The number of benzene rings is 1. The Labute approximate surface area is 127 Å². The summed E-state index contributed by atoms with van der Waals surface area (Å²) in [4.78, 5) is 2.08. The molecule has 0 saturated heterocycles. The molecule has 2 aromatic rings. The fourth-order valence-corrected chi connectivity index (χ4v) is 2.52. The monoisotopic (exact) mass is 338 g/mol. The number of anilines is 1. The molecule has 2 rings (SSSR count). The molecular weight excluding hydrogens is 320 g/mol. The van der Waals surface area contributed by atoms with Crippen molar-refractivity contribution in [2.75, 3.05) is 26.4 Å². The van der Waals surface area contributed by atoms with Gasteiger partial charge >= 0.3 is 0 Å². The highest BCUT2D eigenvalue weighted by Gasteiger charge is 2.19. The number of nitrogen functional groups attached to an aromatic ring is 1. The van der Waals surface area contributed by atoms with Gasteiger partial charge in [0.05, 0.1) is 22.9 Å². The molecule has 1 unspecified atom stereocenters. The average molecular weight is 339 g/mol. The normalized spacial score (nSPS) is 12.8. The van der Waals surface area contributed by atoms with E-state index in [0.29, 0.717) is 12.2 Å². The van der Waals surface area contributed by atoms with E-state index in [2.05, 4.69) is 25.9 Å². The predicted molar refractivity (Wildman–Crippen MR) is 83.4 cm³/mol. The minimum Gasteiger partial charge on any atom is -0.399 e. The van der Waals surface area contributed by atoms with Crippen LogP contribution in [0.1, 0.15) is 17.4 Å². The van der Waals surface area contributed by atoms with Crippen molar-refractivity contribution in [2.24, 2.45) is 0 Å². The molecule has 0 aliphatic heterocycles. The largest absolute Gasteiger partial charge is 0.399 e. The SMILES string of the molecule is CN(C)CCn1ncc(Br)c1C(O)c1cccc(N)c1. The number of hydrogen-bond donors (Lipinski definition) is 2. The van der Waals surface area contributed by atoms with Crippen molar-refractivity contribution < 1.29 is 5.11 Å². The lowest BCUT2D eigenvalue weighted by Gasteiger charge is -2.16. The van der Waals surface area contributed by atoms with E-state index in [0.717, 1.165) is 22.3 Å². The highest BCUT2D eigenvalue weighted by molar-refractivity contribution is 9.10. The van der Waals surface area contributed by atoms with Crippen LogP contribution in [0.15, 0.2) is 34.9 Å². The molecular formula is C14H19BrN4O. The first-order valence-electron chi connectivity index (χ1n) is 6.38. The summed E-state index contributed by atoms with van der Waals surface area (Å²) in [6, 6.07) is 7.27. The zero-order valence-electron chi connectivity index (χ0n) is 11.6. The topological polar surface area (TPSA) is 67.3 Å². The molecule has 0 radical (unpaired) electrons. The number of hydrogen-bond acceptors (Lipinski definition) is 4. The summed E-state index contributed by atoms with van der Waals surface area (Å²) in [7, 11) is 4.01. The van der Waals surface area contributed by atoms with E-state index in [1.807, 2.05) is 30.9 Å². The second-order valence-electron chi connectivity index (χ2n) is 4.98. The van der Waals surface area contributed by atoms with Gasteiger partial charge in [-0.25, -0.2) is 0 Å². The lowest BCUT2D eigenvalue weighted by Crippen LogP contribution is -2.21. The third-order valence-corrected chi connectivity index (χ3v) is 3.69. The molecule has 0 aliphatic carbocycles. The Morgan fingerprint density at radius 2 is 2.20 bits per heavy atom. The van der Waals surface area contributed by atoms with Gasteiger partial charge in [-0.2, -0.15) is 5.10 Å². The highest BCUT2D eigenvalue weighted by Crippen LogP contribution is 2.29. The van der Waals surface area contributed by atoms with Gasteiger partial charge in [0, 0.05) is 12.2 Å². The molecule has 1 aromatic heterocycles. The van der Waals surface area contributed by atoms with Gasteiger partial charge in [0.2, 0.25) is 0 Å². The molecule has 0 spiro atoms. The van der Waals surface area contributed by atoms with Crippen molar-refractivity contribution in [3.05, 3.63) is 46.2 Å². The number of likely N-dealkylation sites (N-methyl/N-ethyl adjacent to an activating group) is 1. The Bertz CT molecular complexity index is 582. The van der Waals surface area contributed by atoms with Gasteiger partial charge in [-0.15, -0.1) is 0 Å². The molecule has 108 valence electrons. The number of aliphatic hydroxyl groups is 1. The molecule has 0 fully saturated rings. The van der Waals surface area contributed by atoms with E-state index in [1.165, 1.54) is 0 Å². The van der Waals surface area contributed by atoms with Crippen LogP contribution < -0.4 is 5.73 Å².